The van der Waals surface area contributed by atoms with Crippen molar-refractivity contribution in [3.8, 4) is 17.0 Å². The van der Waals surface area contributed by atoms with Crippen LogP contribution in [0.3, 0.4) is 0 Å². The van der Waals surface area contributed by atoms with Gasteiger partial charge in [0.15, 0.2) is 5.75 Å². The van der Waals surface area contributed by atoms with Gasteiger partial charge in [-0.05, 0) is 24.3 Å². The molecule has 0 atom stereocenters. The Balaban J connectivity index is 1.98. The van der Waals surface area contributed by atoms with Gasteiger partial charge in [-0.15, -0.1) is 0 Å². The lowest BCUT2D eigenvalue weighted by Gasteiger charge is -2.02. The van der Waals surface area contributed by atoms with Gasteiger partial charge in [0.2, 0.25) is 0 Å². The maximum atomic E-state index is 11.1. The van der Waals surface area contributed by atoms with Crippen molar-refractivity contribution >= 4 is 35.0 Å². The van der Waals surface area contributed by atoms with E-state index in [-0.39, 0.29) is 0 Å². The molecule has 0 saturated heterocycles. The monoisotopic (exact) mass is 336 g/mol. The number of fused-ring (bicyclic) bond motifs is 1. The minimum absolute atomic E-state index is 0.359. The number of carbonyl (C=O) groups excluding carboxylic acids is 1. The van der Waals surface area contributed by atoms with Crippen molar-refractivity contribution < 1.29 is 14.3 Å². The summed E-state index contributed by atoms with van der Waals surface area (Å²) in [7, 11) is 1.25. The number of nitrogens with zero attached hydrogens (tertiary/aromatic N) is 2. The van der Waals surface area contributed by atoms with Gasteiger partial charge in [0, 0.05) is 11.8 Å². The molecule has 2 heterocycles. The number of imidazole rings is 1. The average Bonchev–Trinajstić information content (AvgIpc) is 2.93. The van der Waals surface area contributed by atoms with Gasteiger partial charge in [-0.25, -0.2) is 9.78 Å². The summed E-state index contributed by atoms with van der Waals surface area (Å²) >= 11 is 11.9. The first-order valence-electron chi connectivity index (χ1n) is 6.27. The number of ether oxygens (including phenoxy) is 2. The third kappa shape index (κ3) is 2.86. The number of methoxy groups -OCH3 is 1. The predicted octanol–water partition coefficient (Wildman–Crippen LogP) is 4.45. The van der Waals surface area contributed by atoms with Crippen LogP contribution >= 0.6 is 23.2 Å². The minimum Gasteiger partial charge on any atom is -0.437 e. The Kier molecular flexibility index (Phi) is 3.92. The van der Waals surface area contributed by atoms with Crippen LogP contribution in [-0.4, -0.2) is 22.6 Å². The maximum Gasteiger partial charge on any atom is 0.513 e. The Labute approximate surface area is 136 Å². The Morgan fingerprint density at radius 1 is 1.14 bits per heavy atom. The molecule has 0 aliphatic carbocycles. The first-order chi connectivity index (χ1) is 10.6. The van der Waals surface area contributed by atoms with Crippen LogP contribution in [0.5, 0.6) is 5.75 Å². The highest BCUT2D eigenvalue weighted by molar-refractivity contribution is 6.42. The first kappa shape index (κ1) is 14.7. The van der Waals surface area contributed by atoms with Gasteiger partial charge in [0.1, 0.15) is 5.65 Å². The molecule has 0 bridgehead atoms. The van der Waals surface area contributed by atoms with Crippen LogP contribution in [0.4, 0.5) is 4.79 Å². The second-order valence-corrected chi connectivity index (χ2v) is 5.26. The Morgan fingerprint density at radius 3 is 2.68 bits per heavy atom. The van der Waals surface area contributed by atoms with Crippen LogP contribution in [0.1, 0.15) is 0 Å². The minimum atomic E-state index is -0.774. The Morgan fingerprint density at radius 2 is 1.95 bits per heavy atom. The summed E-state index contributed by atoms with van der Waals surface area (Å²) in [5.74, 6) is 0.359. The molecule has 0 amide bonds. The SMILES string of the molecule is COC(=O)Oc1ccc2nc(-c3ccc(Cl)c(Cl)c3)cn2c1. The topological polar surface area (TPSA) is 52.8 Å². The molecule has 0 saturated carbocycles. The zero-order valence-corrected chi connectivity index (χ0v) is 12.9. The van der Waals surface area contributed by atoms with E-state index in [0.717, 1.165) is 11.3 Å². The number of halogens is 2. The zero-order chi connectivity index (χ0) is 15.7. The number of hydrogen-bond acceptors (Lipinski definition) is 4. The summed E-state index contributed by atoms with van der Waals surface area (Å²) in [6, 6.07) is 8.67. The van der Waals surface area contributed by atoms with Crippen molar-refractivity contribution in [3.63, 3.8) is 0 Å². The van der Waals surface area contributed by atoms with Gasteiger partial charge < -0.3 is 13.9 Å². The predicted molar refractivity (Wildman–Crippen MR) is 83.7 cm³/mol. The fraction of sp³-hybridized carbons (Fsp3) is 0.0667. The molecule has 22 heavy (non-hydrogen) atoms. The first-order valence-corrected chi connectivity index (χ1v) is 7.02. The molecule has 2 aromatic heterocycles. The van der Waals surface area contributed by atoms with Crippen molar-refractivity contribution in [2.24, 2.45) is 0 Å². The Bertz CT molecular complexity index is 861. The molecule has 112 valence electrons. The largest absolute Gasteiger partial charge is 0.513 e. The third-order valence-corrected chi connectivity index (χ3v) is 3.75. The quantitative estimate of drug-likeness (QED) is 0.648. The standard InChI is InChI=1S/C15H10Cl2N2O3/c1-21-15(20)22-10-3-5-14-18-13(8-19(14)7-10)9-2-4-11(16)12(17)6-9/h2-8H,1H3. The van der Waals surface area contributed by atoms with Gasteiger partial charge in [-0.3, -0.25) is 0 Å². The second kappa shape index (κ2) is 5.87. The van der Waals surface area contributed by atoms with Crippen molar-refractivity contribution in [2.45, 2.75) is 0 Å². The van der Waals surface area contributed by atoms with E-state index in [1.54, 1.807) is 41.1 Å². The summed E-state index contributed by atoms with van der Waals surface area (Å²) < 4.78 is 11.2. The lowest BCUT2D eigenvalue weighted by molar-refractivity contribution is 0.121. The van der Waals surface area contributed by atoms with Gasteiger partial charge in [-0.2, -0.15) is 0 Å². The van der Waals surface area contributed by atoms with Crippen molar-refractivity contribution in [3.05, 3.63) is 52.8 Å². The highest BCUT2D eigenvalue weighted by atomic mass is 35.5. The molecular formula is C15H10Cl2N2O3. The molecule has 0 radical (unpaired) electrons. The van der Waals surface area contributed by atoms with Crippen molar-refractivity contribution in [2.75, 3.05) is 7.11 Å². The lowest BCUT2D eigenvalue weighted by Crippen LogP contribution is -2.07. The smallest absolute Gasteiger partial charge is 0.437 e. The van der Waals surface area contributed by atoms with Gasteiger partial charge >= 0.3 is 6.16 Å². The van der Waals surface area contributed by atoms with E-state index in [1.165, 1.54) is 7.11 Å². The molecule has 1 aromatic carbocycles. The summed E-state index contributed by atoms with van der Waals surface area (Å²) in [4.78, 5) is 15.6. The van der Waals surface area contributed by atoms with Crippen LogP contribution in [0.15, 0.2) is 42.7 Å². The lowest BCUT2D eigenvalue weighted by atomic mass is 10.2. The molecule has 3 aromatic rings. The van der Waals surface area contributed by atoms with E-state index in [9.17, 15) is 4.79 Å². The summed E-state index contributed by atoms with van der Waals surface area (Å²) in [5.41, 5.74) is 2.28. The maximum absolute atomic E-state index is 11.1. The normalized spacial score (nSPS) is 10.7. The summed E-state index contributed by atoms with van der Waals surface area (Å²) in [6.07, 6.45) is 2.67. The van der Waals surface area contributed by atoms with Gasteiger partial charge in [0.25, 0.3) is 0 Å². The van der Waals surface area contributed by atoms with E-state index in [2.05, 4.69) is 9.72 Å². The molecule has 0 unspecified atom stereocenters. The molecule has 0 aliphatic heterocycles. The van der Waals surface area contributed by atoms with E-state index < -0.39 is 6.16 Å². The highest BCUT2D eigenvalue weighted by Crippen LogP contribution is 2.28. The molecule has 0 spiro atoms. The summed E-state index contributed by atoms with van der Waals surface area (Å²) in [5, 5.41) is 0.953. The van der Waals surface area contributed by atoms with Crippen molar-refractivity contribution in [1.82, 2.24) is 9.38 Å². The van der Waals surface area contributed by atoms with E-state index in [0.29, 0.717) is 21.4 Å². The van der Waals surface area contributed by atoms with E-state index >= 15 is 0 Å². The highest BCUT2D eigenvalue weighted by Gasteiger charge is 2.09. The number of rotatable bonds is 2. The van der Waals surface area contributed by atoms with Crippen LogP contribution in [0.2, 0.25) is 10.0 Å². The Hall–Kier alpha value is -2.24. The molecule has 5 nitrogen and oxygen atoms in total. The van der Waals surface area contributed by atoms with Crippen LogP contribution in [0, 0.1) is 0 Å². The zero-order valence-electron chi connectivity index (χ0n) is 11.4. The fourth-order valence-electron chi connectivity index (χ4n) is 1.96. The molecule has 0 N–H and O–H groups in total. The fourth-order valence-corrected chi connectivity index (χ4v) is 2.26. The number of aromatic nitrogens is 2. The average molecular weight is 337 g/mol. The van der Waals surface area contributed by atoms with Crippen LogP contribution < -0.4 is 4.74 Å². The third-order valence-electron chi connectivity index (χ3n) is 3.01. The second-order valence-electron chi connectivity index (χ2n) is 4.44. The number of hydrogen-bond donors (Lipinski definition) is 0. The van der Waals surface area contributed by atoms with Crippen LogP contribution in [0.25, 0.3) is 16.9 Å². The van der Waals surface area contributed by atoms with Gasteiger partial charge in [-0.1, -0.05) is 29.3 Å². The van der Waals surface area contributed by atoms with Crippen LogP contribution in [-0.2, 0) is 4.74 Å². The molecule has 0 aliphatic rings. The number of benzene rings is 1. The summed E-state index contributed by atoms with van der Waals surface area (Å²) in [6.45, 7) is 0. The number of carbonyl (C=O) groups is 1. The van der Waals surface area contributed by atoms with Crippen molar-refractivity contribution in [1.29, 1.82) is 0 Å². The molecule has 3 rings (SSSR count). The van der Waals surface area contributed by atoms with E-state index in [4.69, 9.17) is 27.9 Å². The van der Waals surface area contributed by atoms with Gasteiger partial charge in [0.05, 0.1) is 29.0 Å². The molecule has 0 fully saturated rings. The number of pyridine rings is 1. The van der Waals surface area contributed by atoms with E-state index in [1.807, 2.05) is 6.07 Å². The molecular weight excluding hydrogens is 327 g/mol. The molecule has 7 heteroatoms.